The topological polar surface area (TPSA) is 70.0 Å². The fourth-order valence-corrected chi connectivity index (χ4v) is 3.51. The van der Waals surface area contributed by atoms with Crippen molar-refractivity contribution in [2.24, 2.45) is 0 Å². The molecule has 2 N–H and O–H groups in total. The van der Waals surface area contributed by atoms with Crippen molar-refractivity contribution in [3.05, 3.63) is 52.9 Å². The highest BCUT2D eigenvalue weighted by atomic mass is 32.2. The van der Waals surface area contributed by atoms with Gasteiger partial charge >= 0.3 is 0 Å². The maximum absolute atomic E-state index is 12.6. The number of anilines is 1. The van der Waals surface area contributed by atoms with Crippen molar-refractivity contribution in [3.63, 3.8) is 0 Å². The summed E-state index contributed by atoms with van der Waals surface area (Å²) in [6.07, 6.45) is 1.55. The van der Waals surface area contributed by atoms with Gasteiger partial charge in [-0.15, -0.1) is 0 Å². The lowest BCUT2D eigenvalue weighted by Crippen LogP contribution is -2.27. The van der Waals surface area contributed by atoms with E-state index in [0.717, 1.165) is 11.8 Å². The third-order valence-electron chi connectivity index (χ3n) is 3.42. The summed E-state index contributed by atoms with van der Waals surface area (Å²) in [4.78, 5) is 14.5. The van der Waals surface area contributed by atoms with Crippen LogP contribution in [-0.2, 0) is 4.79 Å². The number of phenolic OH excluding ortho intramolecular Hbond substituents is 2. The number of aromatic hydroxyl groups is 2. The van der Waals surface area contributed by atoms with Crippen LogP contribution in [0.15, 0.2) is 47.4 Å². The predicted octanol–water partition coefficient (Wildman–Crippen LogP) is 3.51. The van der Waals surface area contributed by atoms with Gasteiger partial charge in [0.25, 0.3) is 5.91 Å². The minimum absolute atomic E-state index is 0.0459. The first-order valence-corrected chi connectivity index (χ1v) is 8.16. The Labute approximate surface area is 148 Å². The molecule has 1 saturated heterocycles. The number of carbonyl (C=O) groups excluding carboxylic acids is 1. The van der Waals surface area contributed by atoms with Crippen LogP contribution in [0, 0.1) is 0 Å². The lowest BCUT2D eigenvalue weighted by molar-refractivity contribution is -0.113. The number of phenols is 2. The molecule has 0 radical (unpaired) electrons. The van der Waals surface area contributed by atoms with Crippen LogP contribution in [0.25, 0.3) is 6.08 Å². The second-order valence-electron chi connectivity index (χ2n) is 4.96. The summed E-state index contributed by atoms with van der Waals surface area (Å²) in [5.41, 5.74) is 1.08. The van der Waals surface area contributed by atoms with Gasteiger partial charge in [-0.2, -0.15) is 0 Å². The van der Waals surface area contributed by atoms with Crippen molar-refractivity contribution >= 4 is 46.0 Å². The molecule has 0 aromatic heterocycles. The van der Waals surface area contributed by atoms with Gasteiger partial charge in [0.05, 0.1) is 17.7 Å². The maximum atomic E-state index is 12.6. The fraction of sp³-hybridized carbons (Fsp3) is 0.0588. The summed E-state index contributed by atoms with van der Waals surface area (Å²) < 4.78 is 5.52. The Morgan fingerprint density at radius 3 is 2.50 bits per heavy atom. The van der Waals surface area contributed by atoms with Crippen LogP contribution in [0.2, 0.25) is 0 Å². The Kier molecular flexibility index (Phi) is 4.46. The summed E-state index contributed by atoms with van der Waals surface area (Å²) in [6, 6.07) is 11.2. The summed E-state index contributed by atoms with van der Waals surface area (Å²) in [6.45, 7) is 0. The normalized spacial score (nSPS) is 16.0. The third-order valence-corrected chi connectivity index (χ3v) is 4.73. The van der Waals surface area contributed by atoms with Gasteiger partial charge in [0.15, 0.2) is 4.32 Å². The van der Waals surface area contributed by atoms with Crippen molar-refractivity contribution in [2.75, 3.05) is 12.0 Å². The third kappa shape index (κ3) is 3.08. The van der Waals surface area contributed by atoms with Gasteiger partial charge in [0.1, 0.15) is 17.2 Å². The molecule has 1 aliphatic heterocycles. The molecule has 1 aliphatic rings. The van der Waals surface area contributed by atoms with Crippen LogP contribution in [-0.4, -0.2) is 27.6 Å². The van der Waals surface area contributed by atoms with Crippen molar-refractivity contribution in [1.82, 2.24) is 0 Å². The first-order valence-electron chi connectivity index (χ1n) is 6.93. The molecule has 0 spiro atoms. The molecule has 0 atom stereocenters. The molecule has 0 aliphatic carbocycles. The van der Waals surface area contributed by atoms with E-state index in [1.807, 2.05) is 0 Å². The highest BCUT2D eigenvalue weighted by Gasteiger charge is 2.33. The minimum atomic E-state index is -0.261. The van der Waals surface area contributed by atoms with E-state index in [1.165, 1.54) is 23.1 Å². The SMILES string of the molecule is COc1ccc(N2C(=O)/C(=C/c3ccc(O)cc3O)SC2=S)cc1. The molecule has 3 rings (SSSR count). The summed E-state index contributed by atoms with van der Waals surface area (Å²) in [7, 11) is 1.57. The number of carbonyl (C=O) groups is 1. The number of methoxy groups -OCH3 is 1. The molecule has 1 fully saturated rings. The van der Waals surface area contributed by atoms with Crippen LogP contribution >= 0.6 is 24.0 Å². The first-order chi connectivity index (χ1) is 11.5. The van der Waals surface area contributed by atoms with Crippen LogP contribution < -0.4 is 9.64 Å². The Morgan fingerprint density at radius 1 is 1.17 bits per heavy atom. The fourth-order valence-electron chi connectivity index (χ4n) is 2.22. The molecule has 2 aromatic rings. The van der Waals surface area contributed by atoms with Gasteiger partial charge in [-0.25, -0.2) is 0 Å². The van der Waals surface area contributed by atoms with Crippen LogP contribution in [0.4, 0.5) is 5.69 Å². The van der Waals surface area contributed by atoms with E-state index in [9.17, 15) is 15.0 Å². The molecule has 5 nitrogen and oxygen atoms in total. The van der Waals surface area contributed by atoms with E-state index in [4.69, 9.17) is 17.0 Å². The highest BCUT2D eigenvalue weighted by molar-refractivity contribution is 8.27. The minimum Gasteiger partial charge on any atom is -0.508 e. The molecule has 7 heteroatoms. The lowest BCUT2D eigenvalue weighted by atomic mass is 10.1. The number of amides is 1. The number of ether oxygens (including phenoxy) is 1. The molecule has 2 aromatic carbocycles. The average Bonchev–Trinajstić information content (AvgIpc) is 2.84. The van der Waals surface area contributed by atoms with Crippen LogP contribution in [0.3, 0.4) is 0 Å². The molecular formula is C17H13NO4S2. The zero-order valence-electron chi connectivity index (χ0n) is 12.6. The van der Waals surface area contributed by atoms with E-state index in [-0.39, 0.29) is 17.4 Å². The zero-order chi connectivity index (χ0) is 17.3. The van der Waals surface area contributed by atoms with Crippen molar-refractivity contribution in [3.8, 4) is 17.2 Å². The second-order valence-corrected chi connectivity index (χ2v) is 6.63. The molecule has 122 valence electrons. The average molecular weight is 359 g/mol. The number of nitrogens with zero attached hydrogens (tertiary/aromatic N) is 1. The molecule has 0 saturated carbocycles. The van der Waals surface area contributed by atoms with E-state index < -0.39 is 0 Å². The Balaban J connectivity index is 1.92. The van der Waals surface area contributed by atoms with E-state index in [1.54, 1.807) is 37.5 Å². The number of rotatable bonds is 3. The molecule has 1 amide bonds. The molecule has 0 unspecified atom stereocenters. The van der Waals surface area contributed by atoms with Crippen molar-refractivity contribution < 1.29 is 19.7 Å². The Bertz CT molecular complexity index is 846. The van der Waals surface area contributed by atoms with Gasteiger partial charge in [0.2, 0.25) is 0 Å². The van der Waals surface area contributed by atoms with Gasteiger partial charge in [0, 0.05) is 11.6 Å². The Morgan fingerprint density at radius 2 is 1.88 bits per heavy atom. The van der Waals surface area contributed by atoms with Crippen molar-refractivity contribution in [2.45, 2.75) is 0 Å². The highest BCUT2D eigenvalue weighted by Crippen LogP contribution is 2.37. The molecular weight excluding hydrogens is 346 g/mol. The smallest absolute Gasteiger partial charge is 0.270 e. The second kappa shape index (κ2) is 6.54. The number of thiocarbonyl (C=S) groups is 1. The first kappa shape index (κ1) is 16.4. The number of thioether (sulfide) groups is 1. The summed E-state index contributed by atoms with van der Waals surface area (Å²) in [5, 5.41) is 19.2. The van der Waals surface area contributed by atoms with Gasteiger partial charge in [-0.05, 0) is 42.5 Å². The van der Waals surface area contributed by atoms with Gasteiger partial charge in [-0.3, -0.25) is 9.69 Å². The Hall–Kier alpha value is -2.51. The van der Waals surface area contributed by atoms with Crippen molar-refractivity contribution in [1.29, 1.82) is 0 Å². The van der Waals surface area contributed by atoms with Gasteiger partial charge < -0.3 is 14.9 Å². The van der Waals surface area contributed by atoms with Crippen LogP contribution in [0.5, 0.6) is 17.2 Å². The standard InChI is InChI=1S/C17H13NO4S2/c1-22-13-6-3-11(4-7-13)18-16(21)15(24-17(18)23)8-10-2-5-12(19)9-14(10)20/h2-9,19-20H,1H3/b15-8-. The number of benzene rings is 2. The van der Waals surface area contributed by atoms with Crippen LogP contribution in [0.1, 0.15) is 5.56 Å². The number of hydrogen-bond donors (Lipinski definition) is 2. The molecule has 0 bridgehead atoms. The molecule has 24 heavy (non-hydrogen) atoms. The zero-order valence-corrected chi connectivity index (χ0v) is 14.2. The van der Waals surface area contributed by atoms with Gasteiger partial charge in [-0.1, -0.05) is 24.0 Å². The summed E-state index contributed by atoms with van der Waals surface area (Å²) in [5.74, 6) is 0.275. The monoisotopic (exact) mass is 359 g/mol. The van der Waals surface area contributed by atoms with E-state index >= 15 is 0 Å². The summed E-state index contributed by atoms with van der Waals surface area (Å²) >= 11 is 6.46. The number of hydrogen-bond acceptors (Lipinski definition) is 6. The predicted molar refractivity (Wildman–Crippen MR) is 98.4 cm³/mol. The maximum Gasteiger partial charge on any atom is 0.270 e. The van der Waals surface area contributed by atoms with E-state index in [2.05, 4.69) is 0 Å². The largest absolute Gasteiger partial charge is 0.508 e. The van der Waals surface area contributed by atoms with E-state index in [0.29, 0.717) is 26.2 Å². The quantitative estimate of drug-likeness (QED) is 0.646. The lowest BCUT2D eigenvalue weighted by Gasteiger charge is -2.14. The molecule has 1 heterocycles.